The van der Waals surface area contributed by atoms with E-state index in [1.54, 1.807) is 0 Å². The molecule has 2 aliphatic rings. The number of hydrogen-bond acceptors (Lipinski definition) is 3. The third-order valence-electron chi connectivity index (χ3n) is 6.63. The van der Waals surface area contributed by atoms with Crippen molar-refractivity contribution < 1.29 is 9.59 Å². The molecule has 3 aromatic rings. The van der Waals surface area contributed by atoms with Crippen molar-refractivity contribution in [1.29, 1.82) is 0 Å². The van der Waals surface area contributed by atoms with Crippen molar-refractivity contribution >= 4 is 22.8 Å². The van der Waals surface area contributed by atoms with E-state index in [4.69, 9.17) is 4.98 Å². The van der Waals surface area contributed by atoms with Crippen molar-refractivity contribution in [2.75, 3.05) is 26.2 Å². The Labute approximate surface area is 182 Å². The van der Waals surface area contributed by atoms with E-state index in [9.17, 15) is 9.59 Å². The van der Waals surface area contributed by atoms with Crippen LogP contribution < -0.4 is 0 Å². The number of carbonyl (C=O) groups excluding carboxylic acids is 2. The molecule has 3 heterocycles. The zero-order valence-electron chi connectivity index (χ0n) is 18.0. The zero-order chi connectivity index (χ0) is 21.4. The summed E-state index contributed by atoms with van der Waals surface area (Å²) in [6, 6.07) is 15.9. The summed E-state index contributed by atoms with van der Waals surface area (Å²) >= 11 is 0. The molecule has 0 radical (unpaired) electrons. The standard InChI is InChI=1S/C25H28N4O2/c1-18-26-22-17-20(9-10-23(22)29(18)21-7-3-2-4-8-21)25(31)28-15-11-19(12-16-28)24(30)27-13-5-6-14-27/h2-4,7-10,17,19H,5-6,11-16H2,1H3. The summed E-state index contributed by atoms with van der Waals surface area (Å²) in [4.78, 5) is 34.4. The van der Waals surface area contributed by atoms with Gasteiger partial charge in [-0.05, 0) is 62.9 Å². The van der Waals surface area contributed by atoms with Crippen molar-refractivity contribution in [3.63, 3.8) is 0 Å². The molecule has 2 saturated heterocycles. The van der Waals surface area contributed by atoms with Crippen molar-refractivity contribution in [2.24, 2.45) is 5.92 Å². The van der Waals surface area contributed by atoms with Gasteiger partial charge in [-0.1, -0.05) is 18.2 Å². The average Bonchev–Trinajstić information content (AvgIpc) is 3.46. The average molecular weight is 417 g/mol. The van der Waals surface area contributed by atoms with Crippen LogP contribution in [0.15, 0.2) is 48.5 Å². The van der Waals surface area contributed by atoms with E-state index in [2.05, 4.69) is 16.7 Å². The van der Waals surface area contributed by atoms with Crippen LogP contribution >= 0.6 is 0 Å². The summed E-state index contributed by atoms with van der Waals surface area (Å²) in [5, 5.41) is 0. The van der Waals surface area contributed by atoms with E-state index in [1.165, 1.54) is 0 Å². The summed E-state index contributed by atoms with van der Waals surface area (Å²) in [5.74, 6) is 1.27. The predicted octanol–water partition coefficient (Wildman–Crippen LogP) is 3.81. The van der Waals surface area contributed by atoms with Crippen molar-refractivity contribution in [3.05, 3.63) is 59.9 Å². The molecule has 0 bridgehead atoms. The molecule has 2 fully saturated rings. The fraction of sp³-hybridized carbons (Fsp3) is 0.400. The fourth-order valence-electron chi connectivity index (χ4n) is 4.94. The highest BCUT2D eigenvalue weighted by atomic mass is 16.2. The van der Waals surface area contributed by atoms with Crippen LogP contribution in [0.5, 0.6) is 0 Å². The van der Waals surface area contributed by atoms with Crippen LogP contribution in [-0.4, -0.2) is 57.3 Å². The smallest absolute Gasteiger partial charge is 0.253 e. The maximum absolute atomic E-state index is 13.1. The van der Waals surface area contributed by atoms with Gasteiger partial charge in [0.05, 0.1) is 11.0 Å². The third-order valence-corrected chi connectivity index (χ3v) is 6.63. The number of aromatic nitrogens is 2. The van der Waals surface area contributed by atoms with Gasteiger partial charge in [-0.3, -0.25) is 14.2 Å². The van der Waals surface area contributed by atoms with Crippen LogP contribution in [0.3, 0.4) is 0 Å². The molecule has 1 aromatic heterocycles. The lowest BCUT2D eigenvalue weighted by atomic mass is 9.95. The highest BCUT2D eigenvalue weighted by Gasteiger charge is 2.31. The van der Waals surface area contributed by atoms with Crippen molar-refractivity contribution in [3.8, 4) is 5.69 Å². The van der Waals surface area contributed by atoms with E-state index >= 15 is 0 Å². The molecule has 0 saturated carbocycles. The Bertz CT molecular complexity index is 1110. The van der Waals surface area contributed by atoms with Gasteiger partial charge in [-0.2, -0.15) is 0 Å². The topological polar surface area (TPSA) is 58.4 Å². The molecule has 160 valence electrons. The van der Waals surface area contributed by atoms with E-state index < -0.39 is 0 Å². The maximum Gasteiger partial charge on any atom is 0.253 e. The minimum Gasteiger partial charge on any atom is -0.342 e. The van der Waals surface area contributed by atoms with E-state index in [0.29, 0.717) is 18.7 Å². The second-order valence-electron chi connectivity index (χ2n) is 8.63. The summed E-state index contributed by atoms with van der Waals surface area (Å²) in [7, 11) is 0. The highest BCUT2D eigenvalue weighted by Crippen LogP contribution is 2.26. The molecule has 2 aliphatic heterocycles. The van der Waals surface area contributed by atoms with Crippen molar-refractivity contribution in [1.82, 2.24) is 19.4 Å². The Balaban J connectivity index is 1.31. The molecular formula is C25H28N4O2. The van der Waals surface area contributed by atoms with Gasteiger partial charge in [0.15, 0.2) is 0 Å². The number of hydrogen-bond donors (Lipinski definition) is 0. The lowest BCUT2D eigenvalue weighted by Crippen LogP contribution is -2.43. The Hall–Kier alpha value is -3.15. The number of carbonyl (C=O) groups is 2. The number of para-hydroxylation sites is 1. The quantitative estimate of drug-likeness (QED) is 0.652. The van der Waals surface area contributed by atoms with Crippen LogP contribution in [0.25, 0.3) is 16.7 Å². The lowest BCUT2D eigenvalue weighted by molar-refractivity contribution is -0.135. The monoisotopic (exact) mass is 416 g/mol. The second kappa shape index (κ2) is 8.17. The molecule has 6 nitrogen and oxygen atoms in total. The van der Waals surface area contributed by atoms with Gasteiger partial charge in [0.2, 0.25) is 5.91 Å². The van der Waals surface area contributed by atoms with E-state index in [0.717, 1.165) is 61.3 Å². The van der Waals surface area contributed by atoms with Gasteiger partial charge in [0.1, 0.15) is 5.82 Å². The summed E-state index contributed by atoms with van der Waals surface area (Å²) in [5.41, 5.74) is 3.54. The fourth-order valence-corrected chi connectivity index (χ4v) is 4.94. The van der Waals surface area contributed by atoms with Crippen LogP contribution in [0.2, 0.25) is 0 Å². The molecule has 0 atom stereocenters. The number of nitrogens with zero attached hydrogens (tertiary/aromatic N) is 4. The number of aryl methyl sites for hydroxylation is 1. The SMILES string of the molecule is Cc1nc2cc(C(=O)N3CCC(C(=O)N4CCCC4)CC3)ccc2n1-c1ccccc1. The predicted molar refractivity (Wildman–Crippen MR) is 120 cm³/mol. The molecule has 2 amide bonds. The Morgan fingerprint density at radius 2 is 1.61 bits per heavy atom. The molecule has 6 heteroatoms. The first kappa shape index (κ1) is 19.8. The third kappa shape index (κ3) is 3.71. The summed E-state index contributed by atoms with van der Waals surface area (Å²) in [6.07, 6.45) is 3.74. The Kier molecular flexibility index (Phi) is 5.22. The molecule has 5 rings (SSSR count). The normalized spacial score (nSPS) is 17.5. The van der Waals surface area contributed by atoms with Crippen LogP contribution in [0.1, 0.15) is 41.9 Å². The van der Waals surface area contributed by atoms with E-state index in [-0.39, 0.29) is 17.7 Å². The largest absolute Gasteiger partial charge is 0.342 e. The highest BCUT2D eigenvalue weighted by molar-refractivity contribution is 5.98. The number of benzene rings is 2. The molecular weight excluding hydrogens is 388 g/mol. The van der Waals surface area contributed by atoms with Crippen molar-refractivity contribution in [2.45, 2.75) is 32.6 Å². The molecule has 0 unspecified atom stereocenters. The number of amides is 2. The van der Waals surface area contributed by atoms with Crippen LogP contribution in [0, 0.1) is 12.8 Å². The minimum absolute atomic E-state index is 0.0286. The number of rotatable bonds is 3. The number of piperidine rings is 1. The van der Waals surface area contributed by atoms with Crippen LogP contribution in [0.4, 0.5) is 0 Å². The first-order valence-electron chi connectivity index (χ1n) is 11.2. The number of likely N-dealkylation sites (tertiary alicyclic amines) is 2. The minimum atomic E-state index is 0.0286. The first-order valence-corrected chi connectivity index (χ1v) is 11.2. The van der Waals surface area contributed by atoms with Crippen LogP contribution in [-0.2, 0) is 4.79 Å². The number of imidazole rings is 1. The number of fused-ring (bicyclic) bond motifs is 1. The lowest BCUT2D eigenvalue weighted by Gasteiger charge is -2.33. The van der Waals surface area contributed by atoms with Gasteiger partial charge in [-0.15, -0.1) is 0 Å². The van der Waals surface area contributed by atoms with Gasteiger partial charge in [-0.25, -0.2) is 4.98 Å². The Morgan fingerprint density at radius 1 is 0.903 bits per heavy atom. The summed E-state index contributed by atoms with van der Waals surface area (Å²) < 4.78 is 2.11. The molecule has 0 aliphatic carbocycles. The van der Waals surface area contributed by atoms with Gasteiger partial charge in [0.25, 0.3) is 5.91 Å². The van der Waals surface area contributed by atoms with Gasteiger partial charge >= 0.3 is 0 Å². The summed E-state index contributed by atoms with van der Waals surface area (Å²) in [6.45, 7) is 5.05. The molecule has 0 spiro atoms. The zero-order valence-corrected chi connectivity index (χ0v) is 18.0. The van der Waals surface area contributed by atoms with E-state index in [1.807, 2.05) is 53.1 Å². The first-order chi connectivity index (χ1) is 15.1. The maximum atomic E-state index is 13.1. The van der Waals surface area contributed by atoms with Gasteiger partial charge in [0, 0.05) is 43.3 Å². The Morgan fingerprint density at radius 3 is 2.32 bits per heavy atom. The van der Waals surface area contributed by atoms with Gasteiger partial charge < -0.3 is 9.80 Å². The molecule has 0 N–H and O–H groups in total. The second-order valence-corrected chi connectivity index (χ2v) is 8.63. The molecule has 2 aromatic carbocycles. The molecule has 31 heavy (non-hydrogen) atoms.